The Kier molecular flexibility index (Phi) is 4.90. The Morgan fingerprint density at radius 3 is 2.69 bits per heavy atom. The van der Waals surface area contributed by atoms with Gasteiger partial charge in [-0.1, -0.05) is 12.1 Å². The van der Waals surface area contributed by atoms with Crippen LogP contribution in [0.25, 0.3) is 17.4 Å². The first kappa shape index (κ1) is 17.5. The lowest BCUT2D eigenvalue weighted by Crippen LogP contribution is -1.97. The summed E-state index contributed by atoms with van der Waals surface area (Å²) in [5, 5.41) is 25.3. The van der Waals surface area contributed by atoms with Crippen molar-refractivity contribution in [3.8, 4) is 11.3 Å². The maximum atomic E-state index is 11.4. The molecule has 1 aromatic carbocycles. The molecule has 0 radical (unpaired) electrons. The number of H-pyrrole nitrogens is 1. The summed E-state index contributed by atoms with van der Waals surface area (Å²) in [5.74, 6) is -0.843. The van der Waals surface area contributed by atoms with E-state index < -0.39 is 11.9 Å². The Balaban J connectivity index is 1.87. The van der Waals surface area contributed by atoms with Crippen molar-refractivity contribution in [3.63, 3.8) is 0 Å². The Morgan fingerprint density at radius 2 is 2.04 bits per heavy atom. The minimum absolute atomic E-state index is 0.0100. The fraction of sp³-hybridized carbons (Fsp3) is 0.0588. The molecule has 8 nitrogen and oxygen atoms in total. The van der Waals surface area contributed by atoms with Crippen LogP contribution in [-0.2, 0) is 4.79 Å². The summed E-state index contributed by atoms with van der Waals surface area (Å²) in [6.45, 7) is 1.71. The van der Waals surface area contributed by atoms with E-state index in [2.05, 4.69) is 15.2 Å². The average molecular weight is 371 g/mol. The number of rotatable bonds is 6. The third-order valence-corrected chi connectivity index (χ3v) is 4.16. The summed E-state index contributed by atoms with van der Waals surface area (Å²) in [6.07, 6.45) is 1.36. The number of benzene rings is 1. The third kappa shape index (κ3) is 4.01. The maximum absolute atomic E-state index is 11.4. The van der Waals surface area contributed by atoms with E-state index in [9.17, 15) is 14.7 Å². The highest BCUT2D eigenvalue weighted by Gasteiger charge is 2.15. The monoisotopic (exact) mass is 371 g/mol. The molecule has 3 N–H and O–H groups in total. The Hall–Kier alpha value is -3.33. The van der Waals surface area contributed by atoms with Gasteiger partial charge in [-0.3, -0.25) is 5.10 Å². The van der Waals surface area contributed by atoms with Crippen molar-refractivity contribution in [2.75, 3.05) is 0 Å². The van der Waals surface area contributed by atoms with Crippen molar-refractivity contribution in [2.24, 2.45) is 0 Å². The number of aromatic carboxylic acids is 1. The highest BCUT2D eigenvalue weighted by molar-refractivity contribution is 8.04. The van der Waals surface area contributed by atoms with Crippen LogP contribution >= 0.6 is 11.8 Å². The zero-order valence-electron chi connectivity index (χ0n) is 13.5. The number of carbonyl (C=O) groups is 2. The van der Waals surface area contributed by atoms with Crippen molar-refractivity contribution in [1.29, 1.82) is 0 Å². The summed E-state index contributed by atoms with van der Waals surface area (Å²) in [4.78, 5) is 26.6. The number of furan rings is 1. The highest BCUT2D eigenvalue weighted by atomic mass is 32.2. The molecular formula is C17H13N3O5S. The molecule has 2 aromatic heterocycles. The van der Waals surface area contributed by atoms with Crippen LogP contribution in [0.2, 0.25) is 0 Å². The van der Waals surface area contributed by atoms with E-state index in [0.717, 1.165) is 11.8 Å². The van der Waals surface area contributed by atoms with Gasteiger partial charge in [0.2, 0.25) is 5.16 Å². The first-order valence-corrected chi connectivity index (χ1v) is 8.19. The molecule has 0 spiro atoms. The van der Waals surface area contributed by atoms with Crippen LogP contribution in [0.15, 0.2) is 50.9 Å². The number of nitrogens with one attached hydrogen (secondary N) is 1. The van der Waals surface area contributed by atoms with Gasteiger partial charge in [0.1, 0.15) is 22.3 Å². The van der Waals surface area contributed by atoms with E-state index >= 15 is 0 Å². The van der Waals surface area contributed by atoms with E-state index in [1.54, 1.807) is 31.2 Å². The van der Waals surface area contributed by atoms with Gasteiger partial charge in [-0.25, -0.2) is 14.6 Å². The molecule has 0 unspecified atom stereocenters. The normalized spacial score (nSPS) is 11.5. The topological polar surface area (TPSA) is 129 Å². The minimum atomic E-state index is -1.14. The number of thioether (sulfide) groups is 1. The van der Waals surface area contributed by atoms with Crippen LogP contribution in [-0.4, -0.2) is 37.3 Å². The van der Waals surface area contributed by atoms with Gasteiger partial charge in [-0.2, -0.15) is 0 Å². The number of aryl methyl sites for hydroxylation is 1. The number of aliphatic carboxylic acids is 1. The first-order valence-electron chi connectivity index (χ1n) is 7.38. The molecule has 0 fully saturated rings. The van der Waals surface area contributed by atoms with Gasteiger partial charge in [-0.15, -0.1) is 5.10 Å². The molecule has 0 aliphatic heterocycles. The van der Waals surface area contributed by atoms with Crippen molar-refractivity contribution >= 4 is 29.8 Å². The van der Waals surface area contributed by atoms with Crippen molar-refractivity contribution < 1.29 is 24.2 Å². The minimum Gasteiger partial charge on any atom is -0.478 e. The molecular weight excluding hydrogens is 358 g/mol. The van der Waals surface area contributed by atoms with E-state index in [4.69, 9.17) is 9.52 Å². The van der Waals surface area contributed by atoms with Crippen LogP contribution in [0.1, 0.15) is 21.9 Å². The summed E-state index contributed by atoms with van der Waals surface area (Å²) < 4.78 is 5.63. The van der Waals surface area contributed by atoms with E-state index in [1.165, 1.54) is 18.2 Å². The molecule has 9 heteroatoms. The van der Waals surface area contributed by atoms with Crippen LogP contribution < -0.4 is 0 Å². The van der Waals surface area contributed by atoms with Gasteiger partial charge < -0.3 is 14.6 Å². The molecule has 0 atom stereocenters. The number of nitrogens with zero attached hydrogens (tertiary/aromatic N) is 2. The summed E-state index contributed by atoms with van der Waals surface area (Å²) in [6, 6.07) is 9.54. The Bertz CT molecular complexity index is 1010. The molecule has 0 bridgehead atoms. The molecule has 3 rings (SSSR count). The number of carboxylic acid groups (broad SMARTS) is 2. The zero-order chi connectivity index (χ0) is 18.7. The summed E-state index contributed by atoms with van der Waals surface area (Å²) >= 11 is 0.894. The van der Waals surface area contributed by atoms with Crippen LogP contribution in [0.4, 0.5) is 0 Å². The molecule has 0 aliphatic rings. The Labute approximate surface area is 151 Å². The highest BCUT2D eigenvalue weighted by Crippen LogP contribution is 2.28. The second kappa shape index (κ2) is 7.28. The maximum Gasteiger partial charge on any atom is 0.342 e. The van der Waals surface area contributed by atoms with Crippen molar-refractivity contribution in [1.82, 2.24) is 15.2 Å². The molecule has 26 heavy (non-hydrogen) atoms. The van der Waals surface area contributed by atoms with Gasteiger partial charge in [0, 0.05) is 11.6 Å². The predicted octanol–water partition coefficient (Wildman–Crippen LogP) is 3.29. The smallest absolute Gasteiger partial charge is 0.342 e. The lowest BCUT2D eigenvalue weighted by atomic mass is 10.1. The van der Waals surface area contributed by atoms with Crippen molar-refractivity contribution in [3.05, 3.63) is 58.5 Å². The van der Waals surface area contributed by atoms with Crippen LogP contribution in [0, 0.1) is 6.92 Å². The molecule has 2 heterocycles. The van der Waals surface area contributed by atoms with Gasteiger partial charge >= 0.3 is 11.9 Å². The van der Waals surface area contributed by atoms with Crippen LogP contribution in [0.5, 0.6) is 0 Å². The van der Waals surface area contributed by atoms with E-state index in [1.807, 2.05) is 0 Å². The van der Waals surface area contributed by atoms with Gasteiger partial charge in [0.05, 0.1) is 5.56 Å². The number of hydrogen-bond acceptors (Lipinski definition) is 6. The molecule has 132 valence electrons. The molecule has 3 aromatic rings. The molecule has 0 amide bonds. The lowest BCUT2D eigenvalue weighted by molar-refractivity contribution is -0.131. The summed E-state index contributed by atoms with van der Waals surface area (Å²) in [7, 11) is 0. The number of aromatic nitrogens is 3. The molecule has 0 saturated carbocycles. The third-order valence-electron chi connectivity index (χ3n) is 3.28. The van der Waals surface area contributed by atoms with E-state index in [0.29, 0.717) is 22.9 Å². The fourth-order valence-electron chi connectivity index (χ4n) is 2.12. The molecule has 0 aliphatic carbocycles. The zero-order valence-corrected chi connectivity index (χ0v) is 14.3. The SMILES string of the molecule is Cc1nc(SC(=Cc2ccc(-c3cccc(C(=O)O)c3)o2)C(=O)O)n[nH]1. The Morgan fingerprint density at radius 1 is 1.23 bits per heavy atom. The van der Waals surface area contributed by atoms with Crippen molar-refractivity contribution in [2.45, 2.75) is 12.1 Å². The number of hydrogen-bond donors (Lipinski definition) is 3. The average Bonchev–Trinajstić information content (AvgIpc) is 3.23. The van der Waals surface area contributed by atoms with Gasteiger partial charge in [-0.05, 0) is 43.0 Å². The standard InChI is InChI=1S/C17H13N3O5S/c1-9-18-17(20-19-9)26-14(16(23)24)8-12-5-6-13(25-12)10-3-2-4-11(7-10)15(21)22/h2-8H,1H3,(H,21,22)(H,23,24)(H,18,19,20). The number of carboxylic acids is 2. The second-order valence-electron chi connectivity index (χ2n) is 5.21. The van der Waals surface area contributed by atoms with Gasteiger partial charge in [0.25, 0.3) is 0 Å². The van der Waals surface area contributed by atoms with Gasteiger partial charge in [0.15, 0.2) is 0 Å². The fourth-order valence-corrected chi connectivity index (χ4v) is 2.85. The summed E-state index contributed by atoms with van der Waals surface area (Å²) in [5.41, 5.74) is 0.719. The first-order chi connectivity index (χ1) is 12.4. The molecule has 0 saturated heterocycles. The quantitative estimate of drug-likeness (QED) is 0.445. The second-order valence-corrected chi connectivity index (χ2v) is 6.22. The lowest BCUT2D eigenvalue weighted by Gasteiger charge is -2.00. The van der Waals surface area contributed by atoms with Crippen LogP contribution in [0.3, 0.4) is 0 Å². The number of aromatic amines is 1. The largest absolute Gasteiger partial charge is 0.478 e. The predicted molar refractivity (Wildman–Crippen MR) is 93.7 cm³/mol. The van der Waals surface area contributed by atoms with E-state index in [-0.39, 0.29) is 15.6 Å².